The quantitative estimate of drug-likeness (QED) is 0.602. The zero-order chi connectivity index (χ0) is 7.56. The molecule has 0 fully saturated rings. The number of rotatable bonds is 2. The van der Waals surface area contributed by atoms with Crippen molar-refractivity contribution in [2.75, 3.05) is 0 Å². The van der Waals surface area contributed by atoms with Crippen LogP contribution in [-0.2, 0) is 0 Å². The molecule has 0 aliphatic heterocycles. The maximum absolute atomic E-state index is 10.5. The molecule has 1 aromatic rings. The van der Waals surface area contributed by atoms with E-state index in [1.165, 1.54) is 6.20 Å². The summed E-state index contributed by atoms with van der Waals surface area (Å²) in [5, 5.41) is 2.49. The van der Waals surface area contributed by atoms with Crippen LogP contribution in [0, 0.1) is 0 Å². The zero-order valence-electron chi connectivity index (χ0n) is 6.13. The van der Waals surface area contributed by atoms with Gasteiger partial charge in [0.1, 0.15) is 0 Å². The van der Waals surface area contributed by atoms with Crippen molar-refractivity contribution in [3.05, 3.63) is 16.6 Å². The molecule has 4 nitrogen and oxygen atoms in total. The number of nitrogens with zero attached hydrogens (tertiary/aromatic N) is 1. The molecule has 1 atom stereocenters. The summed E-state index contributed by atoms with van der Waals surface area (Å²) in [6, 6.07) is 0.298. The minimum atomic E-state index is -0.333. The molecular weight excluding hydrogens is 132 g/mol. The van der Waals surface area contributed by atoms with Crippen LogP contribution in [0.3, 0.4) is 0 Å². The summed E-state index contributed by atoms with van der Waals surface area (Å²) in [5.74, 6) is 0. The van der Waals surface area contributed by atoms with Crippen molar-refractivity contribution >= 4 is 0 Å². The molecule has 0 bridgehead atoms. The molecule has 56 valence electrons. The highest BCUT2D eigenvalue weighted by Crippen LogP contribution is 1.95. The Hall–Kier alpha value is -1.06. The van der Waals surface area contributed by atoms with Crippen molar-refractivity contribution in [2.45, 2.75) is 26.3 Å². The third kappa shape index (κ3) is 1.26. The van der Waals surface area contributed by atoms with Gasteiger partial charge in [-0.2, -0.15) is 0 Å². The number of hydrogen-bond donors (Lipinski definition) is 1. The molecule has 0 aromatic carbocycles. The molecule has 0 aliphatic rings. The SMILES string of the molecule is CCC(C)[n+]1cc(=O)o[nH]1. The van der Waals surface area contributed by atoms with E-state index in [1.54, 1.807) is 4.68 Å². The van der Waals surface area contributed by atoms with Crippen LogP contribution in [0.1, 0.15) is 26.3 Å². The summed E-state index contributed by atoms with van der Waals surface area (Å²) >= 11 is 0. The van der Waals surface area contributed by atoms with Gasteiger partial charge in [0, 0.05) is 13.3 Å². The van der Waals surface area contributed by atoms with E-state index in [4.69, 9.17) is 0 Å². The van der Waals surface area contributed by atoms with Crippen LogP contribution < -0.4 is 10.3 Å². The lowest BCUT2D eigenvalue weighted by molar-refractivity contribution is -0.782. The van der Waals surface area contributed by atoms with Crippen LogP contribution >= 0.6 is 0 Å². The van der Waals surface area contributed by atoms with E-state index in [-0.39, 0.29) is 5.63 Å². The van der Waals surface area contributed by atoms with Crippen molar-refractivity contribution < 1.29 is 9.20 Å². The molecule has 1 unspecified atom stereocenters. The second kappa shape index (κ2) is 2.68. The lowest BCUT2D eigenvalue weighted by Crippen LogP contribution is -2.38. The fraction of sp³-hybridized carbons (Fsp3) is 0.667. The van der Waals surface area contributed by atoms with Crippen molar-refractivity contribution in [3.63, 3.8) is 0 Å². The number of aromatic nitrogens is 2. The van der Waals surface area contributed by atoms with E-state index in [1.807, 2.05) is 13.8 Å². The standard InChI is InChI=1S/C6H10N2O2/c1-3-5(2)8-4-6(9)10-7-8/h4-5H,3H2,1-2H3/p+1. The van der Waals surface area contributed by atoms with E-state index in [9.17, 15) is 4.79 Å². The summed E-state index contributed by atoms with van der Waals surface area (Å²) in [7, 11) is 0. The zero-order valence-corrected chi connectivity index (χ0v) is 6.13. The molecule has 1 heterocycles. The van der Waals surface area contributed by atoms with Gasteiger partial charge < -0.3 is 0 Å². The molecule has 0 spiro atoms. The van der Waals surface area contributed by atoms with Gasteiger partial charge in [-0.15, -0.1) is 0 Å². The van der Waals surface area contributed by atoms with E-state index in [0.717, 1.165) is 6.42 Å². The van der Waals surface area contributed by atoms with Crippen molar-refractivity contribution in [1.29, 1.82) is 0 Å². The molecule has 1 rings (SSSR count). The molecule has 4 heteroatoms. The summed E-state index contributed by atoms with van der Waals surface area (Å²) < 4.78 is 6.12. The maximum Gasteiger partial charge on any atom is 0.426 e. The van der Waals surface area contributed by atoms with Gasteiger partial charge in [-0.3, -0.25) is 4.52 Å². The first kappa shape index (κ1) is 7.05. The van der Waals surface area contributed by atoms with Crippen LogP contribution in [-0.4, -0.2) is 5.27 Å². The Morgan fingerprint density at radius 1 is 1.90 bits per heavy atom. The van der Waals surface area contributed by atoms with Crippen LogP contribution in [0.15, 0.2) is 15.5 Å². The van der Waals surface area contributed by atoms with E-state index in [0.29, 0.717) is 6.04 Å². The van der Waals surface area contributed by atoms with Gasteiger partial charge in [0.25, 0.3) is 6.20 Å². The maximum atomic E-state index is 10.5. The summed E-state index contributed by atoms with van der Waals surface area (Å²) in [4.78, 5) is 10.5. The molecule has 10 heavy (non-hydrogen) atoms. The van der Waals surface area contributed by atoms with Crippen LogP contribution in [0.2, 0.25) is 0 Å². The largest absolute Gasteiger partial charge is 0.426 e. The lowest BCUT2D eigenvalue weighted by Gasteiger charge is -1.94. The molecule has 0 amide bonds. The Morgan fingerprint density at radius 3 is 3.00 bits per heavy atom. The van der Waals surface area contributed by atoms with E-state index in [2.05, 4.69) is 9.79 Å². The van der Waals surface area contributed by atoms with Gasteiger partial charge in [-0.25, -0.2) is 4.79 Å². The van der Waals surface area contributed by atoms with Crippen LogP contribution in [0.5, 0.6) is 0 Å². The van der Waals surface area contributed by atoms with Crippen molar-refractivity contribution in [3.8, 4) is 0 Å². The number of hydrogen-bond acceptors (Lipinski definition) is 2. The normalized spacial score (nSPS) is 13.4. The summed E-state index contributed by atoms with van der Waals surface area (Å²) in [6.07, 6.45) is 2.38. The number of nitrogens with one attached hydrogen (secondary N) is 1. The Morgan fingerprint density at radius 2 is 2.60 bits per heavy atom. The molecule has 0 saturated heterocycles. The fourth-order valence-corrected chi connectivity index (χ4v) is 0.678. The fourth-order valence-electron chi connectivity index (χ4n) is 0.678. The average molecular weight is 143 g/mol. The van der Waals surface area contributed by atoms with Gasteiger partial charge in [0.2, 0.25) is 0 Å². The Balaban J connectivity index is 2.84. The van der Waals surface area contributed by atoms with Crippen molar-refractivity contribution in [2.24, 2.45) is 0 Å². The smallest absolute Gasteiger partial charge is 0.284 e. The monoisotopic (exact) mass is 143 g/mol. The number of H-pyrrole nitrogens is 1. The summed E-state index contributed by atoms with van der Waals surface area (Å²) in [5.41, 5.74) is -0.333. The van der Waals surface area contributed by atoms with Gasteiger partial charge in [0.15, 0.2) is 6.04 Å². The molecule has 0 saturated carbocycles. The van der Waals surface area contributed by atoms with Gasteiger partial charge in [-0.05, 0) is 5.27 Å². The molecule has 1 aromatic heterocycles. The predicted octanol–water partition coefficient (Wildman–Crippen LogP) is 0.226. The molecule has 0 radical (unpaired) electrons. The second-order valence-corrected chi connectivity index (χ2v) is 2.31. The van der Waals surface area contributed by atoms with Crippen molar-refractivity contribution in [1.82, 2.24) is 5.27 Å². The minimum absolute atomic E-state index is 0.298. The van der Waals surface area contributed by atoms with E-state index >= 15 is 0 Å². The van der Waals surface area contributed by atoms with Gasteiger partial charge in [-0.1, -0.05) is 11.6 Å². The second-order valence-electron chi connectivity index (χ2n) is 2.31. The van der Waals surface area contributed by atoms with Crippen LogP contribution in [0.4, 0.5) is 0 Å². The Bertz CT molecular complexity index is 250. The highest BCUT2D eigenvalue weighted by molar-refractivity contribution is 4.50. The third-order valence-electron chi connectivity index (χ3n) is 1.56. The first-order valence-corrected chi connectivity index (χ1v) is 3.33. The first-order valence-electron chi connectivity index (χ1n) is 3.33. The lowest BCUT2D eigenvalue weighted by atomic mass is 10.3. The third-order valence-corrected chi connectivity index (χ3v) is 1.56. The topological polar surface area (TPSA) is 49.9 Å². The highest BCUT2D eigenvalue weighted by Gasteiger charge is 2.12. The molecule has 1 N–H and O–H groups in total. The summed E-state index contributed by atoms with van der Waals surface area (Å²) in [6.45, 7) is 4.05. The average Bonchev–Trinajstić information content (AvgIpc) is 2.34. The molecular formula is C6H11N2O2+. The first-order chi connectivity index (χ1) is 4.74. The van der Waals surface area contributed by atoms with Gasteiger partial charge in [0.05, 0.1) is 0 Å². The van der Waals surface area contributed by atoms with Gasteiger partial charge >= 0.3 is 5.63 Å². The van der Waals surface area contributed by atoms with Crippen LogP contribution in [0.25, 0.3) is 0 Å². The van der Waals surface area contributed by atoms with E-state index < -0.39 is 0 Å². The minimum Gasteiger partial charge on any atom is -0.284 e. The predicted molar refractivity (Wildman–Crippen MR) is 34.5 cm³/mol. The Labute approximate surface area is 58.4 Å². The Kier molecular flexibility index (Phi) is 1.89. The highest BCUT2D eigenvalue weighted by atomic mass is 16.5. The molecule has 0 aliphatic carbocycles. The number of aromatic amines is 1.